The van der Waals surface area contributed by atoms with Gasteiger partial charge in [0.05, 0.1) is 22.5 Å². The quantitative estimate of drug-likeness (QED) is 0.676. The van der Waals surface area contributed by atoms with Gasteiger partial charge in [-0.1, -0.05) is 38.9 Å². The van der Waals surface area contributed by atoms with Gasteiger partial charge in [0.1, 0.15) is 0 Å². The molecule has 20 heavy (non-hydrogen) atoms. The van der Waals surface area contributed by atoms with Crippen LogP contribution in [0.3, 0.4) is 0 Å². The molecule has 0 spiro atoms. The third-order valence-electron chi connectivity index (χ3n) is 4.33. The molecule has 0 aromatic rings. The average Bonchev–Trinajstić information content (AvgIpc) is 2.85. The van der Waals surface area contributed by atoms with Crippen molar-refractivity contribution in [3.05, 3.63) is 0 Å². The second-order valence-electron chi connectivity index (χ2n) is 5.73. The van der Waals surface area contributed by atoms with E-state index in [2.05, 4.69) is 19.2 Å². The van der Waals surface area contributed by atoms with E-state index in [4.69, 9.17) is 22.7 Å². The molecule has 0 aliphatic heterocycles. The smallest absolute Gasteiger partial charge is 0.233 e. The van der Waals surface area contributed by atoms with Crippen molar-refractivity contribution in [2.24, 2.45) is 11.1 Å². The van der Waals surface area contributed by atoms with E-state index in [0.29, 0.717) is 17.8 Å². The predicted molar refractivity (Wildman–Crippen MR) is 85.6 cm³/mol. The summed E-state index contributed by atoms with van der Waals surface area (Å²) in [6.45, 7) is 4.12. The first-order valence-corrected chi connectivity index (χ1v) is 8.06. The SMILES string of the molecule is CCCC(CCC)(C(=O)NC1CCCC1OC)C(N)=S. The molecule has 5 heteroatoms. The monoisotopic (exact) mass is 300 g/mol. The Bertz CT molecular complexity index is 341. The zero-order valence-electron chi connectivity index (χ0n) is 12.9. The summed E-state index contributed by atoms with van der Waals surface area (Å²) in [5, 5.41) is 3.14. The van der Waals surface area contributed by atoms with E-state index < -0.39 is 5.41 Å². The second kappa shape index (κ2) is 7.93. The van der Waals surface area contributed by atoms with Crippen LogP contribution in [-0.4, -0.2) is 30.2 Å². The number of rotatable bonds is 8. The van der Waals surface area contributed by atoms with Crippen LogP contribution in [0.2, 0.25) is 0 Å². The lowest BCUT2D eigenvalue weighted by Gasteiger charge is -2.33. The zero-order chi connectivity index (χ0) is 15.2. The van der Waals surface area contributed by atoms with E-state index in [1.54, 1.807) is 7.11 Å². The van der Waals surface area contributed by atoms with Crippen molar-refractivity contribution < 1.29 is 9.53 Å². The fourth-order valence-electron chi connectivity index (χ4n) is 3.24. The molecule has 1 fully saturated rings. The molecule has 0 aromatic heterocycles. The summed E-state index contributed by atoms with van der Waals surface area (Å²) in [5.74, 6) is -0.0114. The highest BCUT2D eigenvalue weighted by Crippen LogP contribution is 2.32. The van der Waals surface area contributed by atoms with Crippen molar-refractivity contribution in [2.45, 2.75) is 70.9 Å². The Hall–Kier alpha value is -0.680. The Morgan fingerprint density at radius 1 is 1.35 bits per heavy atom. The molecule has 1 rings (SSSR count). The molecule has 0 radical (unpaired) electrons. The Labute approximate surface area is 127 Å². The van der Waals surface area contributed by atoms with Crippen molar-refractivity contribution in [2.75, 3.05) is 7.11 Å². The molecule has 3 N–H and O–H groups in total. The van der Waals surface area contributed by atoms with E-state index in [1.165, 1.54) is 0 Å². The lowest BCUT2D eigenvalue weighted by atomic mass is 9.78. The maximum atomic E-state index is 12.8. The van der Waals surface area contributed by atoms with Crippen LogP contribution in [0.1, 0.15) is 58.8 Å². The normalized spacial score (nSPS) is 22.8. The molecule has 1 aliphatic carbocycles. The maximum Gasteiger partial charge on any atom is 0.233 e. The Morgan fingerprint density at radius 3 is 2.40 bits per heavy atom. The van der Waals surface area contributed by atoms with Gasteiger partial charge >= 0.3 is 0 Å². The first-order chi connectivity index (χ1) is 9.51. The maximum absolute atomic E-state index is 12.8. The van der Waals surface area contributed by atoms with Crippen molar-refractivity contribution in [3.8, 4) is 0 Å². The molecule has 0 saturated heterocycles. The molecule has 4 nitrogen and oxygen atoms in total. The topological polar surface area (TPSA) is 64.3 Å². The summed E-state index contributed by atoms with van der Waals surface area (Å²) in [6.07, 6.45) is 6.39. The Kier molecular flexibility index (Phi) is 6.89. The summed E-state index contributed by atoms with van der Waals surface area (Å²) in [6, 6.07) is 0.0925. The van der Waals surface area contributed by atoms with Gasteiger partial charge in [-0.15, -0.1) is 0 Å². The number of hydrogen-bond acceptors (Lipinski definition) is 3. The average molecular weight is 300 g/mol. The van der Waals surface area contributed by atoms with Crippen LogP contribution in [0.15, 0.2) is 0 Å². The van der Waals surface area contributed by atoms with Gasteiger partial charge in [0.25, 0.3) is 0 Å². The van der Waals surface area contributed by atoms with Crippen LogP contribution in [0, 0.1) is 5.41 Å². The predicted octanol–water partition coefficient (Wildman–Crippen LogP) is 2.54. The molecule has 1 saturated carbocycles. The summed E-state index contributed by atoms with van der Waals surface area (Å²) in [4.78, 5) is 13.1. The lowest BCUT2D eigenvalue weighted by Crippen LogP contribution is -2.53. The van der Waals surface area contributed by atoms with E-state index in [0.717, 1.165) is 32.1 Å². The largest absolute Gasteiger partial charge is 0.392 e. The standard InChI is InChI=1S/C15H28N2O2S/c1-4-9-15(10-5-2,13(16)20)14(18)17-11-7-6-8-12(11)19-3/h11-12H,4-10H2,1-3H3,(H2,16,20)(H,17,18). The number of ether oxygens (including phenoxy) is 1. The molecule has 116 valence electrons. The highest BCUT2D eigenvalue weighted by atomic mass is 32.1. The highest BCUT2D eigenvalue weighted by Gasteiger charge is 2.42. The van der Waals surface area contributed by atoms with Gasteiger partial charge in [-0.05, 0) is 32.1 Å². The molecular weight excluding hydrogens is 272 g/mol. The van der Waals surface area contributed by atoms with Gasteiger partial charge in [0.2, 0.25) is 5.91 Å². The Balaban J connectivity index is 2.84. The first-order valence-electron chi connectivity index (χ1n) is 7.65. The molecule has 1 amide bonds. The van der Waals surface area contributed by atoms with Crippen LogP contribution in [-0.2, 0) is 9.53 Å². The van der Waals surface area contributed by atoms with Crippen LogP contribution in [0.4, 0.5) is 0 Å². The number of carbonyl (C=O) groups excluding carboxylic acids is 1. The van der Waals surface area contributed by atoms with Crippen LogP contribution >= 0.6 is 12.2 Å². The minimum Gasteiger partial charge on any atom is -0.392 e. The van der Waals surface area contributed by atoms with Gasteiger partial charge in [-0.25, -0.2) is 0 Å². The minimum atomic E-state index is -0.695. The number of nitrogens with two attached hydrogens (primary N) is 1. The van der Waals surface area contributed by atoms with Gasteiger partial charge in [0.15, 0.2) is 0 Å². The molecule has 2 atom stereocenters. The first kappa shape index (κ1) is 17.4. The Morgan fingerprint density at radius 2 is 1.95 bits per heavy atom. The van der Waals surface area contributed by atoms with Crippen LogP contribution in [0.5, 0.6) is 0 Å². The lowest BCUT2D eigenvalue weighted by molar-refractivity contribution is -0.129. The number of hydrogen-bond donors (Lipinski definition) is 2. The van der Waals surface area contributed by atoms with Crippen molar-refractivity contribution in [1.82, 2.24) is 5.32 Å². The van der Waals surface area contributed by atoms with Crippen LogP contribution in [0.25, 0.3) is 0 Å². The fraction of sp³-hybridized carbons (Fsp3) is 0.867. The number of thiocarbonyl (C=S) groups is 1. The third kappa shape index (κ3) is 3.70. The van der Waals surface area contributed by atoms with E-state index in [9.17, 15) is 4.79 Å². The van der Waals surface area contributed by atoms with E-state index in [-0.39, 0.29) is 18.1 Å². The van der Waals surface area contributed by atoms with E-state index >= 15 is 0 Å². The zero-order valence-corrected chi connectivity index (χ0v) is 13.7. The molecule has 0 aromatic carbocycles. The molecular formula is C15H28N2O2S. The van der Waals surface area contributed by atoms with E-state index in [1.807, 2.05) is 0 Å². The van der Waals surface area contributed by atoms with Crippen molar-refractivity contribution >= 4 is 23.1 Å². The van der Waals surface area contributed by atoms with Gasteiger partial charge in [0, 0.05) is 7.11 Å². The number of nitrogens with one attached hydrogen (secondary N) is 1. The fourth-order valence-corrected chi connectivity index (χ4v) is 3.54. The number of methoxy groups -OCH3 is 1. The minimum absolute atomic E-state index is 0.0114. The highest BCUT2D eigenvalue weighted by molar-refractivity contribution is 7.80. The van der Waals surface area contributed by atoms with Gasteiger partial charge in [-0.2, -0.15) is 0 Å². The molecule has 0 heterocycles. The number of carbonyl (C=O) groups is 1. The van der Waals surface area contributed by atoms with Gasteiger partial charge < -0.3 is 15.8 Å². The van der Waals surface area contributed by atoms with Crippen molar-refractivity contribution in [1.29, 1.82) is 0 Å². The molecule has 1 aliphatic rings. The molecule has 2 unspecified atom stereocenters. The third-order valence-corrected chi connectivity index (χ3v) is 4.72. The second-order valence-corrected chi connectivity index (χ2v) is 6.17. The van der Waals surface area contributed by atoms with Gasteiger partial charge in [-0.3, -0.25) is 4.79 Å². The summed E-state index contributed by atoms with van der Waals surface area (Å²) in [7, 11) is 1.70. The summed E-state index contributed by atoms with van der Waals surface area (Å²) >= 11 is 5.22. The van der Waals surface area contributed by atoms with Crippen molar-refractivity contribution in [3.63, 3.8) is 0 Å². The van der Waals surface area contributed by atoms with Crippen LogP contribution < -0.4 is 11.1 Å². The summed E-state index contributed by atoms with van der Waals surface area (Å²) in [5.41, 5.74) is 5.23. The number of amides is 1. The molecule has 0 bridgehead atoms. The summed E-state index contributed by atoms with van der Waals surface area (Å²) < 4.78 is 5.44.